The number of hydrogen-bond acceptors (Lipinski definition) is 1. The van der Waals surface area contributed by atoms with E-state index in [1.165, 1.54) is 32.2 Å². The average molecular weight is 185 g/mol. The van der Waals surface area contributed by atoms with Crippen LogP contribution < -0.4 is 0 Å². The lowest BCUT2D eigenvalue weighted by atomic mass is 10.0. The Bertz CT molecular complexity index is 110. The van der Waals surface area contributed by atoms with Gasteiger partial charge in [-0.2, -0.15) is 0 Å². The van der Waals surface area contributed by atoms with Crippen molar-refractivity contribution >= 4 is 0 Å². The minimum Gasteiger partial charge on any atom is -0.304 e. The van der Waals surface area contributed by atoms with Crippen LogP contribution in [-0.2, 0) is 0 Å². The zero-order valence-electron chi connectivity index (χ0n) is 10.1. The number of rotatable bonds is 7. The topological polar surface area (TPSA) is 3.24 Å². The Morgan fingerprint density at radius 2 is 1.69 bits per heavy atom. The summed E-state index contributed by atoms with van der Waals surface area (Å²) in [4.78, 5) is 2.43. The first-order valence-corrected chi connectivity index (χ1v) is 5.78. The molecule has 0 fully saturated rings. The average Bonchev–Trinajstić information content (AvgIpc) is 2.10. The van der Waals surface area contributed by atoms with E-state index in [9.17, 15) is 0 Å². The first-order chi connectivity index (χ1) is 6.07. The van der Waals surface area contributed by atoms with Gasteiger partial charge in [-0.05, 0) is 39.8 Å². The molecule has 0 saturated heterocycles. The summed E-state index contributed by atoms with van der Waals surface area (Å²) in [5.41, 5.74) is 0. The number of hydrogen-bond donors (Lipinski definition) is 0. The Morgan fingerprint density at radius 3 is 2.15 bits per heavy atom. The molecular weight excluding hydrogens is 158 g/mol. The summed E-state index contributed by atoms with van der Waals surface area (Å²) in [5.74, 6) is 0.904. The van der Waals surface area contributed by atoms with Gasteiger partial charge >= 0.3 is 0 Å². The predicted molar refractivity (Wildman–Crippen MR) is 61.1 cm³/mol. The van der Waals surface area contributed by atoms with Crippen LogP contribution in [0.25, 0.3) is 0 Å². The van der Waals surface area contributed by atoms with Crippen molar-refractivity contribution < 1.29 is 0 Å². The summed E-state index contributed by atoms with van der Waals surface area (Å²) < 4.78 is 0. The van der Waals surface area contributed by atoms with E-state index in [0.717, 1.165) is 5.92 Å². The van der Waals surface area contributed by atoms with Crippen LogP contribution in [0.15, 0.2) is 0 Å². The molecule has 1 heteroatoms. The summed E-state index contributed by atoms with van der Waals surface area (Å²) in [6.07, 6.45) is 5.49. The van der Waals surface area contributed by atoms with Crippen LogP contribution in [0.5, 0.6) is 0 Å². The van der Waals surface area contributed by atoms with Gasteiger partial charge in [0.25, 0.3) is 0 Å². The molecule has 0 spiro atoms. The SMILES string of the molecule is CCCCC(C)CCN(C)C(C)C. The maximum absolute atomic E-state index is 2.43. The van der Waals surface area contributed by atoms with Crippen LogP contribution in [-0.4, -0.2) is 24.5 Å². The van der Waals surface area contributed by atoms with E-state index in [0.29, 0.717) is 6.04 Å². The standard InChI is InChI=1S/C12H27N/c1-6-7-8-12(4)9-10-13(5)11(2)3/h11-12H,6-10H2,1-5H3. The highest BCUT2D eigenvalue weighted by Crippen LogP contribution is 2.12. The van der Waals surface area contributed by atoms with Gasteiger partial charge in [-0.15, -0.1) is 0 Å². The smallest absolute Gasteiger partial charge is 0.00355 e. The molecule has 0 aromatic carbocycles. The van der Waals surface area contributed by atoms with Gasteiger partial charge in [-0.1, -0.05) is 33.1 Å². The van der Waals surface area contributed by atoms with E-state index >= 15 is 0 Å². The van der Waals surface area contributed by atoms with Crippen LogP contribution in [0, 0.1) is 5.92 Å². The molecule has 0 bridgehead atoms. The Morgan fingerprint density at radius 1 is 1.08 bits per heavy atom. The molecule has 80 valence electrons. The monoisotopic (exact) mass is 185 g/mol. The third kappa shape index (κ3) is 7.06. The molecule has 0 heterocycles. The second-order valence-corrected chi connectivity index (χ2v) is 4.61. The second kappa shape index (κ2) is 7.37. The van der Waals surface area contributed by atoms with Gasteiger partial charge in [0, 0.05) is 6.04 Å². The molecule has 0 aliphatic rings. The Labute approximate surface area is 84.5 Å². The summed E-state index contributed by atoms with van der Waals surface area (Å²) >= 11 is 0. The molecule has 0 aromatic heterocycles. The predicted octanol–water partition coefficient (Wildman–Crippen LogP) is 3.54. The molecule has 0 aromatic rings. The highest BCUT2D eigenvalue weighted by Gasteiger charge is 2.06. The summed E-state index contributed by atoms with van der Waals surface area (Å²) in [6.45, 7) is 10.4. The van der Waals surface area contributed by atoms with Crippen LogP contribution in [0.2, 0.25) is 0 Å². The molecule has 0 saturated carbocycles. The quantitative estimate of drug-likeness (QED) is 0.586. The first-order valence-electron chi connectivity index (χ1n) is 5.78. The zero-order valence-corrected chi connectivity index (χ0v) is 10.1. The van der Waals surface area contributed by atoms with E-state index in [4.69, 9.17) is 0 Å². The first kappa shape index (κ1) is 13.0. The van der Waals surface area contributed by atoms with E-state index in [1.54, 1.807) is 0 Å². The highest BCUT2D eigenvalue weighted by atomic mass is 15.1. The third-order valence-electron chi connectivity index (χ3n) is 2.91. The molecule has 1 unspecified atom stereocenters. The van der Waals surface area contributed by atoms with Crippen molar-refractivity contribution in [1.29, 1.82) is 0 Å². The van der Waals surface area contributed by atoms with Gasteiger partial charge in [-0.25, -0.2) is 0 Å². The number of nitrogens with zero attached hydrogens (tertiary/aromatic N) is 1. The maximum Gasteiger partial charge on any atom is 0.00355 e. The van der Waals surface area contributed by atoms with Crippen molar-refractivity contribution in [3.05, 3.63) is 0 Å². The molecule has 0 amide bonds. The number of unbranched alkanes of at least 4 members (excludes halogenated alkanes) is 1. The van der Waals surface area contributed by atoms with Gasteiger partial charge in [0.15, 0.2) is 0 Å². The van der Waals surface area contributed by atoms with E-state index in [-0.39, 0.29) is 0 Å². The molecule has 0 aliphatic carbocycles. The normalized spacial score (nSPS) is 14.1. The van der Waals surface area contributed by atoms with Crippen molar-refractivity contribution in [2.75, 3.05) is 13.6 Å². The van der Waals surface area contributed by atoms with E-state index in [2.05, 4.69) is 39.6 Å². The fourth-order valence-electron chi connectivity index (χ4n) is 1.38. The third-order valence-corrected chi connectivity index (χ3v) is 2.91. The van der Waals surface area contributed by atoms with E-state index in [1.807, 2.05) is 0 Å². The van der Waals surface area contributed by atoms with Gasteiger partial charge < -0.3 is 4.90 Å². The molecular formula is C12H27N. The van der Waals surface area contributed by atoms with Crippen LogP contribution >= 0.6 is 0 Å². The van der Waals surface area contributed by atoms with Gasteiger partial charge in [-0.3, -0.25) is 0 Å². The lowest BCUT2D eigenvalue weighted by Crippen LogP contribution is -2.28. The summed E-state index contributed by atoms with van der Waals surface area (Å²) in [5, 5.41) is 0. The van der Waals surface area contributed by atoms with Crippen molar-refractivity contribution in [3.8, 4) is 0 Å². The van der Waals surface area contributed by atoms with Crippen molar-refractivity contribution in [1.82, 2.24) is 4.90 Å². The van der Waals surface area contributed by atoms with Crippen molar-refractivity contribution in [3.63, 3.8) is 0 Å². The van der Waals surface area contributed by atoms with Crippen LogP contribution in [0.3, 0.4) is 0 Å². The van der Waals surface area contributed by atoms with Crippen LogP contribution in [0.4, 0.5) is 0 Å². The van der Waals surface area contributed by atoms with Gasteiger partial charge in [0.05, 0.1) is 0 Å². The lowest BCUT2D eigenvalue weighted by molar-refractivity contribution is 0.251. The molecule has 0 rings (SSSR count). The Hall–Kier alpha value is -0.0400. The zero-order chi connectivity index (χ0) is 10.3. The summed E-state index contributed by atoms with van der Waals surface area (Å²) in [6, 6.07) is 0.693. The minimum absolute atomic E-state index is 0.693. The second-order valence-electron chi connectivity index (χ2n) is 4.61. The van der Waals surface area contributed by atoms with Crippen LogP contribution in [0.1, 0.15) is 53.4 Å². The summed E-state index contributed by atoms with van der Waals surface area (Å²) in [7, 11) is 2.22. The fourth-order valence-corrected chi connectivity index (χ4v) is 1.38. The van der Waals surface area contributed by atoms with Crippen molar-refractivity contribution in [2.24, 2.45) is 5.92 Å². The fraction of sp³-hybridized carbons (Fsp3) is 1.00. The largest absolute Gasteiger partial charge is 0.304 e. The highest BCUT2D eigenvalue weighted by molar-refractivity contribution is 4.60. The molecule has 13 heavy (non-hydrogen) atoms. The van der Waals surface area contributed by atoms with E-state index < -0.39 is 0 Å². The van der Waals surface area contributed by atoms with Gasteiger partial charge in [0.1, 0.15) is 0 Å². The Kier molecular flexibility index (Phi) is 7.35. The Balaban J connectivity index is 3.40. The minimum atomic E-state index is 0.693. The molecule has 0 radical (unpaired) electrons. The van der Waals surface area contributed by atoms with Gasteiger partial charge in [0.2, 0.25) is 0 Å². The molecule has 0 N–H and O–H groups in total. The maximum atomic E-state index is 2.43. The lowest BCUT2D eigenvalue weighted by Gasteiger charge is -2.22. The molecule has 1 atom stereocenters. The van der Waals surface area contributed by atoms with Crippen molar-refractivity contribution in [2.45, 2.75) is 59.4 Å². The molecule has 0 aliphatic heterocycles. The molecule has 1 nitrogen and oxygen atoms in total.